The molecule has 8 heteroatoms. The molecule has 3 N–H and O–H groups in total. The molecule has 0 radical (unpaired) electrons. The van der Waals surface area contributed by atoms with E-state index in [-0.39, 0.29) is 18.4 Å². The number of nitrogens with one attached hydrogen (secondary N) is 2. The number of likely N-dealkylation sites (N-methyl/N-ethyl adjacent to an activating group) is 1. The van der Waals surface area contributed by atoms with Crippen LogP contribution >= 0.6 is 0 Å². The summed E-state index contributed by atoms with van der Waals surface area (Å²) in [4.78, 5) is 30.5. The summed E-state index contributed by atoms with van der Waals surface area (Å²) >= 11 is 0. The second-order valence-electron chi connectivity index (χ2n) is 7.75. The van der Waals surface area contributed by atoms with Gasteiger partial charge >= 0.3 is 5.97 Å². The third kappa shape index (κ3) is 6.42. The molecule has 3 rings (SSSR count). The van der Waals surface area contributed by atoms with Gasteiger partial charge in [0.2, 0.25) is 5.91 Å². The number of carboxylic acids is 1. The van der Waals surface area contributed by atoms with Crippen molar-refractivity contribution in [1.82, 2.24) is 15.2 Å². The summed E-state index contributed by atoms with van der Waals surface area (Å²) in [7, 11) is 3.72. The number of aromatic nitrogens is 1. The molecule has 8 nitrogen and oxygen atoms in total. The predicted molar refractivity (Wildman–Crippen MR) is 118 cm³/mol. The first kappa shape index (κ1) is 22.6. The monoisotopic (exact) mass is 426 g/mol. The molecule has 0 spiro atoms. The van der Waals surface area contributed by atoms with Crippen LogP contribution in [0, 0.1) is 0 Å². The zero-order chi connectivity index (χ0) is 22.2. The molecule has 0 aliphatic carbocycles. The second kappa shape index (κ2) is 10.8. The molecule has 2 unspecified atom stereocenters. The lowest BCUT2D eigenvalue weighted by atomic mass is 10.0. The zero-order valence-corrected chi connectivity index (χ0v) is 18.0. The Morgan fingerprint density at radius 1 is 1.26 bits per heavy atom. The Bertz CT molecular complexity index is 887. The van der Waals surface area contributed by atoms with E-state index in [1.807, 2.05) is 61.5 Å². The topological polar surface area (TPSA) is 104 Å². The highest BCUT2D eigenvalue weighted by Crippen LogP contribution is 2.17. The number of aliphatic carboxylic acids is 1. The summed E-state index contributed by atoms with van der Waals surface area (Å²) in [5, 5.41) is 15.2. The molecule has 1 amide bonds. The first-order chi connectivity index (χ1) is 15.0. The minimum Gasteiger partial charge on any atom is -0.493 e. The van der Waals surface area contributed by atoms with Crippen LogP contribution in [0.1, 0.15) is 24.1 Å². The zero-order valence-electron chi connectivity index (χ0n) is 18.0. The lowest BCUT2D eigenvalue weighted by Gasteiger charge is -2.22. The van der Waals surface area contributed by atoms with E-state index in [1.54, 1.807) is 0 Å². The number of carbonyl (C=O) groups excluding carboxylic acids is 1. The maximum absolute atomic E-state index is 12.4. The smallest absolute Gasteiger partial charge is 0.326 e. The molecule has 2 heterocycles. The van der Waals surface area contributed by atoms with Gasteiger partial charge < -0.3 is 20.5 Å². The molecule has 0 saturated carbocycles. The van der Waals surface area contributed by atoms with Crippen molar-refractivity contribution in [2.45, 2.75) is 37.8 Å². The second-order valence-corrected chi connectivity index (χ2v) is 7.75. The molecule has 166 valence electrons. The van der Waals surface area contributed by atoms with Crippen LogP contribution in [-0.2, 0) is 22.4 Å². The van der Waals surface area contributed by atoms with Gasteiger partial charge in [0.15, 0.2) is 0 Å². The number of carboxylic acid groups (broad SMARTS) is 1. The molecule has 0 bridgehead atoms. The van der Waals surface area contributed by atoms with Crippen LogP contribution < -0.4 is 15.4 Å². The lowest BCUT2D eigenvalue weighted by molar-refractivity contribution is -0.142. The van der Waals surface area contributed by atoms with Crippen molar-refractivity contribution < 1.29 is 19.4 Å². The summed E-state index contributed by atoms with van der Waals surface area (Å²) in [5.74, 6) is 0.271. The molecule has 1 fully saturated rings. The largest absolute Gasteiger partial charge is 0.493 e. The predicted octanol–water partition coefficient (Wildman–Crippen LogP) is 1.95. The van der Waals surface area contributed by atoms with E-state index >= 15 is 0 Å². The Balaban J connectivity index is 1.50. The maximum atomic E-state index is 12.4. The van der Waals surface area contributed by atoms with Crippen molar-refractivity contribution >= 4 is 17.7 Å². The fourth-order valence-corrected chi connectivity index (χ4v) is 3.70. The molecular weight excluding hydrogens is 396 g/mol. The van der Waals surface area contributed by atoms with Gasteiger partial charge in [0.25, 0.3) is 0 Å². The van der Waals surface area contributed by atoms with E-state index < -0.39 is 12.0 Å². The van der Waals surface area contributed by atoms with Gasteiger partial charge in [0, 0.05) is 25.6 Å². The van der Waals surface area contributed by atoms with Gasteiger partial charge in [0.05, 0.1) is 12.6 Å². The summed E-state index contributed by atoms with van der Waals surface area (Å²) in [6.45, 7) is 1.34. The normalized spacial score (nSPS) is 17.2. The van der Waals surface area contributed by atoms with Crippen LogP contribution in [0.5, 0.6) is 5.75 Å². The Kier molecular flexibility index (Phi) is 7.83. The van der Waals surface area contributed by atoms with Gasteiger partial charge in [0.1, 0.15) is 17.6 Å². The van der Waals surface area contributed by atoms with Crippen LogP contribution in [0.25, 0.3) is 0 Å². The van der Waals surface area contributed by atoms with Crippen LogP contribution in [0.2, 0.25) is 0 Å². The van der Waals surface area contributed by atoms with E-state index in [0.717, 1.165) is 36.5 Å². The van der Waals surface area contributed by atoms with Gasteiger partial charge in [-0.25, -0.2) is 9.78 Å². The molecule has 2 atom stereocenters. The molecular formula is C23H30N4O4. The highest BCUT2D eigenvalue weighted by atomic mass is 16.5. The van der Waals surface area contributed by atoms with Gasteiger partial charge in [-0.1, -0.05) is 18.2 Å². The summed E-state index contributed by atoms with van der Waals surface area (Å²) < 4.78 is 5.78. The molecule has 2 aromatic rings. The van der Waals surface area contributed by atoms with Crippen molar-refractivity contribution in [3.63, 3.8) is 0 Å². The quantitative estimate of drug-likeness (QED) is 0.533. The van der Waals surface area contributed by atoms with Crippen LogP contribution in [0.15, 0.2) is 42.5 Å². The number of carbonyl (C=O) groups is 2. The van der Waals surface area contributed by atoms with E-state index in [9.17, 15) is 14.7 Å². The number of likely N-dealkylation sites (tertiary alicyclic amines) is 1. The first-order valence-electron chi connectivity index (χ1n) is 10.5. The Hall–Kier alpha value is -3.13. The van der Waals surface area contributed by atoms with E-state index in [4.69, 9.17) is 4.74 Å². The number of rotatable bonds is 10. The van der Waals surface area contributed by atoms with Crippen molar-refractivity contribution in [1.29, 1.82) is 0 Å². The number of hydrogen-bond acceptors (Lipinski definition) is 6. The average Bonchev–Trinajstić information content (AvgIpc) is 3.20. The van der Waals surface area contributed by atoms with Crippen LogP contribution in [0.4, 0.5) is 5.82 Å². The number of anilines is 1. The van der Waals surface area contributed by atoms with E-state index in [1.165, 1.54) is 0 Å². The fraction of sp³-hybridized carbons (Fsp3) is 0.435. The lowest BCUT2D eigenvalue weighted by Crippen LogP contribution is -2.49. The fourth-order valence-electron chi connectivity index (χ4n) is 3.70. The highest BCUT2D eigenvalue weighted by molar-refractivity contribution is 5.87. The minimum atomic E-state index is -1.04. The summed E-state index contributed by atoms with van der Waals surface area (Å²) in [6.07, 6.45) is 2.61. The van der Waals surface area contributed by atoms with Gasteiger partial charge in [-0.3, -0.25) is 9.69 Å². The van der Waals surface area contributed by atoms with Crippen LogP contribution in [0.3, 0.4) is 0 Å². The van der Waals surface area contributed by atoms with Crippen LogP contribution in [-0.4, -0.2) is 66.2 Å². The van der Waals surface area contributed by atoms with Crippen molar-refractivity contribution in [2.75, 3.05) is 32.6 Å². The molecule has 31 heavy (non-hydrogen) atoms. The highest BCUT2D eigenvalue weighted by Gasteiger charge is 2.30. The molecule has 1 aliphatic heterocycles. The van der Waals surface area contributed by atoms with E-state index in [2.05, 4.69) is 15.6 Å². The molecule has 1 aromatic heterocycles. The average molecular weight is 427 g/mol. The van der Waals surface area contributed by atoms with Crippen molar-refractivity contribution in [3.05, 3.63) is 53.7 Å². The number of benzene rings is 1. The first-order valence-corrected chi connectivity index (χ1v) is 10.5. The standard InChI is InChI=1S/C23H30N4O4/c1-24-21-7-3-5-17(25-21)12-14-31-18-10-8-16(9-11-18)15-19(23(29)30)26-22(28)20-6-4-13-27(20)2/h3,5,7-11,19-20H,4,6,12-15H2,1-2H3,(H,24,25)(H,26,28)(H,29,30). The molecule has 1 aromatic carbocycles. The third-order valence-electron chi connectivity index (χ3n) is 5.49. The summed E-state index contributed by atoms with van der Waals surface area (Å²) in [6, 6.07) is 11.9. The maximum Gasteiger partial charge on any atom is 0.326 e. The molecule has 1 saturated heterocycles. The minimum absolute atomic E-state index is 0.219. The SMILES string of the molecule is CNc1cccc(CCOc2ccc(CC(NC(=O)C3CCCN3C)C(=O)O)cc2)n1. The number of nitrogens with zero attached hydrogens (tertiary/aromatic N) is 2. The Labute approximate surface area is 182 Å². The Morgan fingerprint density at radius 2 is 2.03 bits per heavy atom. The van der Waals surface area contributed by atoms with Gasteiger partial charge in [-0.2, -0.15) is 0 Å². The number of hydrogen-bond donors (Lipinski definition) is 3. The molecule has 1 aliphatic rings. The Morgan fingerprint density at radius 3 is 2.68 bits per heavy atom. The van der Waals surface area contributed by atoms with Crippen molar-refractivity contribution in [3.8, 4) is 5.75 Å². The summed E-state index contributed by atoms with van der Waals surface area (Å²) in [5.41, 5.74) is 1.76. The van der Waals surface area contributed by atoms with Crippen molar-refractivity contribution in [2.24, 2.45) is 0 Å². The number of amides is 1. The number of ether oxygens (including phenoxy) is 1. The number of pyridine rings is 1. The van der Waals surface area contributed by atoms with E-state index in [0.29, 0.717) is 18.8 Å². The van der Waals surface area contributed by atoms with Gasteiger partial charge in [-0.15, -0.1) is 0 Å². The van der Waals surface area contributed by atoms with Gasteiger partial charge in [-0.05, 0) is 56.3 Å². The third-order valence-corrected chi connectivity index (χ3v) is 5.49.